The number of anilines is 1. The zero-order valence-corrected chi connectivity index (χ0v) is 20.0. The summed E-state index contributed by atoms with van der Waals surface area (Å²) in [6, 6.07) is 23.5. The van der Waals surface area contributed by atoms with Gasteiger partial charge in [0.1, 0.15) is 0 Å². The highest BCUT2D eigenvalue weighted by atomic mass is 16.4. The van der Waals surface area contributed by atoms with Crippen LogP contribution in [0.2, 0.25) is 0 Å². The predicted octanol–water partition coefficient (Wildman–Crippen LogP) is 3.27. The molecule has 0 aliphatic rings. The number of aromatic nitrogens is 2. The lowest BCUT2D eigenvalue weighted by Crippen LogP contribution is -2.44. The van der Waals surface area contributed by atoms with Crippen LogP contribution in [0.5, 0.6) is 0 Å². The largest absolute Gasteiger partial charge is 0.481 e. The van der Waals surface area contributed by atoms with Crippen molar-refractivity contribution >= 4 is 34.9 Å². The molecule has 37 heavy (non-hydrogen) atoms. The highest BCUT2D eigenvalue weighted by Crippen LogP contribution is 2.23. The summed E-state index contributed by atoms with van der Waals surface area (Å²) >= 11 is 0. The van der Waals surface area contributed by atoms with E-state index in [1.165, 1.54) is 0 Å². The first-order valence-electron chi connectivity index (χ1n) is 11.8. The van der Waals surface area contributed by atoms with Crippen molar-refractivity contribution < 1.29 is 19.5 Å². The second-order valence-electron chi connectivity index (χ2n) is 8.34. The zero-order chi connectivity index (χ0) is 26.0. The van der Waals surface area contributed by atoms with Crippen molar-refractivity contribution in [2.75, 3.05) is 25.0 Å². The third kappa shape index (κ3) is 7.31. The van der Waals surface area contributed by atoms with Gasteiger partial charge in [-0.3, -0.25) is 9.59 Å². The number of carbonyl (C=O) groups is 3. The monoisotopic (exact) mass is 500 g/mol. The molecule has 3 amide bonds. The molecule has 1 heterocycles. The number of amides is 3. The number of benzene rings is 3. The van der Waals surface area contributed by atoms with E-state index in [1.54, 1.807) is 12.1 Å². The molecule has 10 heteroatoms. The minimum atomic E-state index is -1.04. The topological polar surface area (TPSA) is 148 Å². The first kappa shape index (κ1) is 25.2. The van der Waals surface area contributed by atoms with Gasteiger partial charge in [0.05, 0.1) is 30.0 Å². The minimum Gasteiger partial charge on any atom is -0.481 e. The Kier molecular flexibility index (Phi) is 8.33. The summed E-state index contributed by atoms with van der Waals surface area (Å²) in [5, 5.41) is 20.2. The summed E-state index contributed by atoms with van der Waals surface area (Å²) in [5.74, 6) is -0.932. The molecule has 1 unspecified atom stereocenters. The molecular formula is C27H28N6O4. The number of H-pyrrole nitrogens is 1. The first-order chi connectivity index (χ1) is 18.0. The van der Waals surface area contributed by atoms with E-state index in [-0.39, 0.29) is 13.0 Å². The SMILES string of the molecule is O=C(O)CC(NC(=O)CNC(=O)NCCNc1nc2ccccc2[nH]1)c1ccc(-c2ccccc2)cc1. The van der Waals surface area contributed by atoms with Crippen LogP contribution in [-0.4, -0.2) is 52.6 Å². The molecule has 4 aromatic rings. The molecule has 190 valence electrons. The number of rotatable bonds is 11. The Morgan fingerprint density at radius 2 is 1.54 bits per heavy atom. The number of nitrogens with one attached hydrogen (secondary N) is 5. The highest BCUT2D eigenvalue weighted by Gasteiger charge is 2.18. The fourth-order valence-corrected chi connectivity index (χ4v) is 3.83. The fraction of sp³-hybridized carbons (Fsp3) is 0.185. The summed E-state index contributed by atoms with van der Waals surface area (Å²) < 4.78 is 0. The third-order valence-corrected chi connectivity index (χ3v) is 5.64. The van der Waals surface area contributed by atoms with Gasteiger partial charge >= 0.3 is 12.0 Å². The van der Waals surface area contributed by atoms with E-state index < -0.39 is 23.9 Å². The van der Waals surface area contributed by atoms with E-state index in [2.05, 4.69) is 31.2 Å². The molecule has 4 rings (SSSR count). The lowest BCUT2D eigenvalue weighted by Gasteiger charge is -2.18. The molecular weight excluding hydrogens is 472 g/mol. The van der Waals surface area contributed by atoms with Crippen molar-refractivity contribution in [1.82, 2.24) is 25.9 Å². The number of urea groups is 1. The molecule has 0 bridgehead atoms. The van der Waals surface area contributed by atoms with Crippen molar-refractivity contribution in [3.8, 4) is 11.1 Å². The van der Waals surface area contributed by atoms with Crippen molar-refractivity contribution in [2.45, 2.75) is 12.5 Å². The maximum Gasteiger partial charge on any atom is 0.315 e. The normalized spacial score (nSPS) is 11.5. The van der Waals surface area contributed by atoms with Crippen molar-refractivity contribution in [3.05, 3.63) is 84.4 Å². The number of aromatic amines is 1. The van der Waals surface area contributed by atoms with Crippen LogP contribution in [0.1, 0.15) is 18.0 Å². The number of para-hydroxylation sites is 2. The summed E-state index contributed by atoms with van der Waals surface area (Å²) in [6.07, 6.45) is -0.282. The van der Waals surface area contributed by atoms with E-state index in [0.717, 1.165) is 22.2 Å². The molecule has 0 radical (unpaired) electrons. The molecule has 3 aromatic carbocycles. The highest BCUT2D eigenvalue weighted by molar-refractivity contribution is 5.84. The van der Waals surface area contributed by atoms with Gasteiger partial charge in [-0.05, 0) is 28.8 Å². The summed E-state index contributed by atoms with van der Waals surface area (Å²) in [6.45, 7) is 0.444. The molecule has 1 atom stereocenters. The standard InChI is InChI=1S/C27H28N6O4/c34-24(17-30-27(37)29-15-14-28-26-32-21-8-4-5-9-22(21)33-26)31-23(16-25(35)36)20-12-10-19(11-13-20)18-6-2-1-3-7-18/h1-13,23H,14-17H2,(H,31,34)(H,35,36)(H2,28,32,33)(H2,29,30,37). The van der Waals surface area contributed by atoms with E-state index in [9.17, 15) is 19.5 Å². The number of aliphatic carboxylic acids is 1. The molecule has 0 aliphatic carbocycles. The van der Waals surface area contributed by atoms with Crippen molar-refractivity contribution in [1.29, 1.82) is 0 Å². The lowest BCUT2D eigenvalue weighted by molar-refractivity contribution is -0.137. The number of carboxylic acid groups (broad SMARTS) is 1. The first-order valence-corrected chi connectivity index (χ1v) is 11.8. The zero-order valence-electron chi connectivity index (χ0n) is 20.0. The number of nitrogens with zero attached hydrogens (tertiary/aromatic N) is 1. The second-order valence-corrected chi connectivity index (χ2v) is 8.34. The van der Waals surface area contributed by atoms with Gasteiger partial charge in [-0.1, -0.05) is 66.7 Å². The van der Waals surface area contributed by atoms with Crippen molar-refractivity contribution in [2.24, 2.45) is 0 Å². The van der Waals surface area contributed by atoms with Gasteiger partial charge in [-0.15, -0.1) is 0 Å². The minimum absolute atomic E-state index is 0.282. The van der Waals surface area contributed by atoms with Gasteiger partial charge in [0.2, 0.25) is 11.9 Å². The van der Waals surface area contributed by atoms with Gasteiger partial charge < -0.3 is 31.4 Å². The van der Waals surface area contributed by atoms with E-state index in [0.29, 0.717) is 24.6 Å². The Balaban J connectivity index is 1.22. The second kappa shape index (κ2) is 12.2. The number of carboxylic acids is 1. The van der Waals surface area contributed by atoms with Crippen LogP contribution in [0.3, 0.4) is 0 Å². The molecule has 0 saturated heterocycles. The van der Waals surface area contributed by atoms with Gasteiger partial charge in [-0.2, -0.15) is 0 Å². The van der Waals surface area contributed by atoms with E-state index in [4.69, 9.17) is 0 Å². The number of imidazole rings is 1. The Bertz CT molecular complexity index is 1320. The third-order valence-electron chi connectivity index (χ3n) is 5.64. The molecule has 0 saturated carbocycles. The average molecular weight is 501 g/mol. The maximum atomic E-state index is 12.4. The number of hydrogen-bond acceptors (Lipinski definition) is 5. The van der Waals surface area contributed by atoms with Crippen LogP contribution in [0.15, 0.2) is 78.9 Å². The van der Waals surface area contributed by atoms with Gasteiger partial charge in [0.25, 0.3) is 0 Å². The molecule has 0 fully saturated rings. The van der Waals surface area contributed by atoms with Crippen LogP contribution >= 0.6 is 0 Å². The molecule has 1 aromatic heterocycles. The maximum absolute atomic E-state index is 12.4. The van der Waals surface area contributed by atoms with Crippen LogP contribution in [0, 0.1) is 0 Å². The Hall–Kier alpha value is -4.86. The lowest BCUT2D eigenvalue weighted by atomic mass is 9.99. The smallest absolute Gasteiger partial charge is 0.315 e. The number of carbonyl (C=O) groups excluding carboxylic acids is 2. The molecule has 0 aliphatic heterocycles. The Morgan fingerprint density at radius 3 is 2.27 bits per heavy atom. The van der Waals surface area contributed by atoms with Gasteiger partial charge in [0, 0.05) is 13.1 Å². The molecule has 0 spiro atoms. The van der Waals surface area contributed by atoms with Gasteiger partial charge in [-0.25, -0.2) is 9.78 Å². The van der Waals surface area contributed by atoms with Crippen LogP contribution in [0.25, 0.3) is 22.2 Å². The van der Waals surface area contributed by atoms with E-state index >= 15 is 0 Å². The summed E-state index contributed by atoms with van der Waals surface area (Å²) in [4.78, 5) is 43.4. The number of hydrogen-bond donors (Lipinski definition) is 6. The molecule has 6 N–H and O–H groups in total. The summed E-state index contributed by atoms with van der Waals surface area (Å²) in [5.41, 5.74) is 4.44. The van der Waals surface area contributed by atoms with Crippen LogP contribution in [-0.2, 0) is 9.59 Å². The Morgan fingerprint density at radius 1 is 0.838 bits per heavy atom. The van der Waals surface area contributed by atoms with Crippen LogP contribution < -0.4 is 21.3 Å². The average Bonchev–Trinajstić information content (AvgIpc) is 3.33. The molecule has 10 nitrogen and oxygen atoms in total. The van der Waals surface area contributed by atoms with E-state index in [1.807, 2.05) is 66.7 Å². The number of fused-ring (bicyclic) bond motifs is 1. The summed E-state index contributed by atoms with van der Waals surface area (Å²) in [7, 11) is 0. The Labute approximate surface area is 213 Å². The van der Waals surface area contributed by atoms with Gasteiger partial charge in [0.15, 0.2) is 0 Å². The predicted molar refractivity (Wildman–Crippen MR) is 141 cm³/mol. The fourth-order valence-electron chi connectivity index (χ4n) is 3.83. The van der Waals surface area contributed by atoms with Crippen LogP contribution in [0.4, 0.5) is 10.7 Å². The quantitative estimate of drug-likeness (QED) is 0.174. The van der Waals surface area contributed by atoms with Crippen molar-refractivity contribution in [3.63, 3.8) is 0 Å².